The minimum atomic E-state index is -1.35. The minimum absolute atomic E-state index is 0.172. The Bertz CT molecular complexity index is 1600. The van der Waals surface area contributed by atoms with Gasteiger partial charge in [0.25, 0.3) is 0 Å². The summed E-state index contributed by atoms with van der Waals surface area (Å²) in [4.78, 5) is 47.8. The summed E-state index contributed by atoms with van der Waals surface area (Å²) in [6.07, 6.45) is 3.44. The van der Waals surface area contributed by atoms with E-state index >= 15 is 4.39 Å². The molecule has 40 heavy (non-hydrogen) atoms. The first-order valence-electron chi connectivity index (χ1n) is 13.1. The van der Waals surface area contributed by atoms with Crippen LogP contribution in [0.15, 0.2) is 54.7 Å². The van der Waals surface area contributed by atoms with Crippen LogP contribution in [-0.2, 0) is 15.1 Å². The van der Waals surface area contributed by atoms with Crippen molar-refractivity contribution in [3.05, 3.63) is 87.4 Å². The average molecular weight is 580 g/mol. The molecule has 0 unspecified atom stereocenters. The molecule has 8 nitrogen and oxygen atoms in total. The van der Waals surface area contributed by atoms with Crippen molar-refractivity contribution in [1.82, 2.24) is 9.88 Å². The van der Waals surface area contributed by atoms with Crippen LogP contribution in [0.4, 0.5) is 15.8 Å². The number of likely N-dealkylation sites (tertiary alicyclic amines) is 1. The number of carbonyl (C=O) groups excluding carboxylic acids is 3. The van der Waals surface area contributed by atoms with Gasteiger partial charge in [-0.25, -0.2) is 9.37 Å². The molecule has 3 amide bonds. The summed E-state index contributed by atoms with van der Waals surface area (Å²) in [5.41, 5.74) is 6.37. The fourth-order valence-electron chi connectivity index (χ4n) is 6.97. The molecule has 1 spiro atoms. The van der Waals surface area contributed by atoms with Crippen molar-refractivity contribution in [1.29, 1.82) is 0 Å². The van der Waals surface area contributed by atoms with Crippen LogP contribution in [0.1, 0.15) is 40.2 Å². The zero-order valence-corrected chi connectivity index (χ0v) is 22.6. The van der Waals surface area contributed by atoms with Crippen molar-refractivity contribution in [3.63, 3.8) is 0 Å². The number of nitrogens with two attached hydrogens (primary N) is 1. The first-order valence-corrected chi connectivity index (χ1v) is 13.9. The highest BCUT2D eigenvalue weighted by Gasteiger charge is 2.71. The summed E-state index contributed by atoms with van der Waals surface area (Å²) in [6, 6.07) is 12.8. The van der Waals surface area contributed by atoms with Crippen LogP contribution in [-0.4, -0.2) is 46.7 Å². The van der Waals surface area contributed by atoms with Crippen LogP contribution in [0.2, 0.25) is 10.2 Å². The second-order valence-corrected chi connectivity index (χ2v) is 11.7. The smallest absolute Gasteiger partial charge is 0.250 e. The summed E-state index contributed by atoms with van der Waals surface area (Å²) in [6.45, 7) is 0.871. The number of rotatable bonds is 5. The van der Waals surface area contributed by atoms with Gasteiger partial charge in [0.15, 0.2) is 11.0 Å². The SMILES string of the molecule is NC(=O)c1ccc(N2C[C@H]3[C@@H](C2=O)[C@H](c2ccnc(Cl)c2F)[C@]2(C(=O)Nc4cc(Cl)ccc42)N3CC2CC2)cc1. The number of halogens is 3. The van der Waals surface area contributed by atoms with E-state index in [0.717, 1.165) is 12.8 Å². The number of fused-ring (bicyclic) bond motifs is 3. The van der Waals surface area contributed by atoms with Crippen LogP contribution in [0.5, 0.6) is 0 Å². The highest BCUT2D eigenvalue weighted by molar-refractivity contribution is 6.31. The molecule has 0 radical (unpaired) electrons. The molecule has 1 saturated carbocycles. The first kappa shape index (κ1) is 25.4. The number of amides is 3. The monoisotopic (exact) mass is 579 g/mol. The number of primary amides is 1. The Hall–Kier alpha value is -3.53. The van der Waals surface area contributed by atoms with Crippen molar-refractivity contribution in [3.8, 4) is 0 Å². The van der Waals surface area contributed by atoms with Gasteiger partial charge in [0.2, 0.25) is 17.7 Å². The topological polar surface area (TPSA) is 109 Å². The van der Waals surface area contributed by atoms with E-state index in [0.29, 0.717) is 46.5 Å². The summed E-state index contributed by atoms with van der Waals surface area (Å²) in [7, 11) is 0. The Morgan fingerprint density at radius 1 is 1.12 bits per heavy atom. The van der Waals surface area contributed by atoms with E-state index in [1.165, 1.54) is 12.3 Å². The number of hydrogen-bond acceptors (Lipinski definition) is 5. The molecule has 2 aromatic carbocycles. The summed E-state index contributed by atoms with van der Waals surface area (Å²) in [5.74, 6) is -3.14. The van der Waals surface area contributed by atoms with E-state index in [4.69, 9.17) is 28.9 Å². The minimum Gasteiger partial charge on any atom is -0.366 e. The van der Waals surface area contributed by atoms with Crippen molar-refractivity contribution in [2.24, 2.45) is 17.6 Å². The van der Waals surface area contributed by atoms with Crippen LogP contribution >= 0.6 is 23.2 Å². The maximum Gasteiger partial charge on any atom is 0.250 e. The Balaban J connectivity index is 1.43. The first-order chi connectivity index (χ1) is 19.2. The van der Waals surface area contributed by atoms with Gasteiger partial charge in [-0.15, -0.1) is 0 Å². The average Bonchev–Trinajstić information content (AvgIpc) is 3.55. The van der Waals surface area contributed by atoms with Gasteiger partial charge in [-0.2, -0.15) is 0 Å². The molecule has 7 rings (SSSR count). The number of benzene rings is 2. The highest BCUT2D eigenvalue weighted by Crippen LogP contribution is 2.62. The van der Waals surface area contributed by atoms with Gasteiger partial charge in [0, 0.05) is 58.8 Å². The zero-order chi connectivity index (χ0) is 27.9. The Morgan fingerprint density at radius 2 is 1.88 bits per heavy atom. The maximum absolute atomic E-state index is 15.8. The lowest BCUT2D eigenvalue weighted by Crippen LogP contribution is -2.54. The number of hydrogen-bond donors (Lipinski definition) is 2. The lowest BCUT2D eigenvalue weighted by Gasteiger charge is -2.41. The van der Waals surface area contributed by atoms with Gasteiger partial charge in [-0.05, 0) is 66.8 Å². The van der Waals surface area contributed by atoms with E-state index < -0.39 is 35.1 Å². The molecule has 4 aliphatic rings. The molecule has 4 atom stereocenters. The summed E-state index contributed by atoms with van der Waals surface area (Å²) in [5, 5.41) is 3.13. The Labute approximate surface area is 239 Å². The van der Waals surface area contributed by atoms with Crippen LogP contribution in [0.3, 0.4) is 0 Å². The van der Waals surface area contributed by atoms with Gasteiger partial charge in [0.1, 0.15) is 5.54 Å². The third-order valence-electron chi connectivity index (χ3n) is 8.81. The van der Waals surface area contributed by atoms with Crippen LogP contribution in [0, 0.1) is 17.7 Å². The number of anilines is 2. The molecule has 3 fully saturated rings. The largest absolute Gasteiger partial charge is 0.366 e. The molecule has 1 aromatic heterocycles. The number of aromatic nitrogens is 1. The molecule has 3 aliphatic heterocycles. The van der Waals surface area contributed by atoms with Crippen molar-refractivity contribution in [2.45, 2.75) is 30.3 Å². The fourth-order valence-corrected chi connectivity index (χ4v) is 7.30. The molecule has 0 bridgehead atoms. The summed E-state index contributed by atoms with van der Waals surface area (Å²) < 4.78 is 15.8. The van der Waals surface area contributed by atoms with E-state index in [1.807, 2.05) is 0 Å². The molecule has 4 heterocycles. The second-order valence-electron chi connectivity index (χ2n) is 10.9. The fraction of sp³-hybridized carbons (Fsp3) is 0.310. The number of nitrogens with one attached hydrogen (secondary N) is 1. The third kappa shape index (κ3) is 3.54. The predicted molar refractivity (Wildman–Crippen MR) is 148 cm³/mol. The molecule has 11 heteroatoms. The van der Waals surface area contributed by atoms with Crippen molar-refractivity contribution >= 4 is 52.3 Å². The van der Waals surface area contributed by atoms with Crippen molar-refractivity contribution < 1.29 is 18.8 Å². The quantitative estimate of drug-likeness (QED) is 0.438. The number of pyridine rings is 1. The number of nitrogens with zero attached hydrogens (tertiary/aromatic N) is 3. The molecule has 2 saturated heterocycles. The Morgan fingerprint density at radius 3 is 2.58 bits per heavy atom. The van der Waals surface area contributed by atoms with Crippen LogP contribution in [0.25, 0.3) is 0 Å². The lowest BCUT2D eigenvalue weighted by atomic mass is 9.71. The predicted octanol–water partition coefficient (Wildman–Crippen LogP) is 4.31. The second kappa shape index (κ2) is 8.99. The van der Waals surface area contributed by atoms with Crippen LogP contribution < -0.4 is 16.0 Å². The molecule has 204 valence electrons. The van der Waals surface area contributed by atoms with Gasteiger partial charge in [-0.1, -0.05) is 29.3 Å². The molecular formula is C29H24Cl2FN5O3. The van der Waals surface area contributed by atoms with Crippen molar-refractivity contribution in [2.75, 3.05) is 23.3 Å². The van der Waals surface area contributed by atoms with Gasteiger partial charge >= 0.3 is 0 Å². The van der Waals surface area contributed by atoms with Gasteiger partial charge in [-0.3, -0.25) is 19.3 Å². The van der Waals surface area contributed by atoms with E-state index in [2.05, 4.69) is 15.2 Å². The van der Waals surface area contributed by atoms with E-state index in [1.54, 1.807) is 47.4 Å². The standard InChI is InChI=1S/C29H24Cl2FN5O3/c30-16-5-8-19-20(11-16)35-28(40)29(19)23(18-9-10-34-25(31)24(18)32)22-21(37(29)12-14-1-2-14)13-36(27(22)39)17-6-3-15(4-7-17)26(33)38/h3-11,14,21-23H,1-2,12-13H2,(H2,33,38)(H,35,40)/t21-,22+,23-,29+/m0/s1. The zero-order valence-electron chi connectivity index (χ0n) is 21.1. The van der Waals surface area contributed by atoms with Gasteiger partial charge in [0.05, 0.1) is 5.92 Å². The third-order valence-corrected chi connectivity index (χ3v) is 9.31. The molecule has 3 aromatic rings. The number of carbonyl (C=O) groups is 3. The van der Waals surface area contributed by atoms with E-state index in [-0.39, 0.29) is 22.5 Å². The molecule has 3 N–H and O–H groups in total. The highest BCUT2D eigenvalue weighted by atomic mass is 35.5. The lowest BCUT2D eigenvalue weighted by molar-refractivity contribution is -0.128. The Kier molecular flexibility index (Phi) is 5.72. The molecule has 1 aliphatic carbocycles. The normalized spacial score (nSPS) is 27.3. The van der Waals surface area contributed by atoms with E-state index in [9.17, 15) is 14.4 Å². The van der Waals surface area contributed by atoms with Gasteiger partial charge < -0.3 is 16.0 Å². The molecular weight excluding hydrogens is 556 g/mol. The summed E-state index contributed by atoms with van der Waals surface area (Å²) >= 11 is 12.5. The maximum atomic E-state index is 15.8.